The zero-order valence-corrected chi connectivity index (χ0v) is 12.8. The first-order chi connectivity index (χ1) is 10.1. The van der Waals surface area contributed by atoms with Crippen LogP contribution in [0, 0.1) is 0 Å². The molecule has 0 saturated carbocycles. The number of aliphatic hydroxyl groups excluding tert-OH is 1. The van der Waals surface area contributed by atoms with Crippen molar-refractivity contribution in [2.45, 2.75) is 6.10 Å². The number of hydrogen-bond donors (Lipinski definition) is 1. The van der Waals surface area contributed by atoms with Gasteiger partial charge in [-0.15, -0.1) is 0 Å². The van der Waals surface area contributed by atoms with Crippen molar-refractivity contribution in [3.05, 3.63) is 52.5 Å². The van der Waals surface area contributed by atoms with Crippen LogP contribution in [0.3, 0.4) is 0 Å². The highest BCUT2D eigenvalue weighted by atomic mass is 35.5. The molecule has 0 aromatic heterocycles. The van der Waals surface area contributed by atoms with Gasteiger partial charge in [0.15, 0.2) is 11.5 Å². The number of halogens is 1. The summed E-state index contributed by atoms with van der Waals surface area (Å²) < 4.78 is 15.5. The van der Waals surface area contributed by atoms with Gasteiger partial charge in [0, 0.05) is 0 Å². The lowest BCUT2D eigenvalue weighted by atomic mass is 10.0. The molecule has 0 heterocycles. The fraction of sp³-hybridized carbons (Fsp3) is 0.250. The topological polar surface area (TPSA) is 47.9 Å². The van der Waals surface area contributed by atoms with Crippen LogP contribution in [0.15, 0.2) is 36.4 Å². The fourth-order valence-electron chi connectivity index (χ4n) is 2.07. The standard InChI is InChI=1S/C16H17ClO4/c1-19-13-6-4-10(8-12(13)17)16(18)11-5-7-14(20-2)15(9-11)21-3/h4-9,16,18H,1-3H3. The zero-order chi connectivity index (χ0) is 15.4. The largest absolute Gasteiger partial charge is 0.495 e. The summed E-state index contributed by atoms with van der Waals surface area (Å²) in [6.45, 7) is 0. The predicted octanol–water partition coefficient (Wildman–Crippen LogP) is 3.45. The lowest BCUT2D eigenvalue weighted by Crippen LogP contribution is -2.01. The van der Waals surface area contributed by atoms with E-state index in [1.807, 2.05) is 0 Å². The van der Waals surface area contributed by atoms with E-state index in [9.17, 15) is 5.11 Å². The number of rotatable bonds is 5. The Morgan fingerprint density at radius 3 is 1.86 bits per heavy atom. The SMILES string of the molecule is COc1ccc(C(O)c2ccc(OC)c(OC)c2)cc1Cl. The minimum atomic E-state index is -0.812. The maximum Gasteiger partial charge on any atom is 0.161 e. The molecule has 0 aliphatic heterocycles. The molecular weight excluding hydrogens is 292 g/mol. The van der Waals surface area contributed by atoms with Gasteiger partial charge in [-0.3, -0.25) is 0 Å². The minimum absolute atomic E-state index is 0.453. The van der Waals surface area contributed by atoms with Gasteiger partial charge in [-0.05, 0) is 35.4 Å². The van der Waals surface area contributed by atoms with Crippen molar-refractivity contribution in [3.63, 3.8) is 0 Å². The highest BCUT2D eigenvalue weighted by Crippen LogP contribution is 2.34. The number of ether oxygens (including phenoxy) is 3. The second-order valence-corrected chi connectivity index (χ2v) is 4.82. The summed E-state index contributed by atoms with van der Waals surface area (Å²) in [5, 5.41) is 10.9. The molecule has 0 radical (unpaired) electrons. The Morgan fingerprint density at radius 1 is 0.810 bits per heavy atom. The smallest absolute Gasteiger partial charge is 0.161 e. The molecule has 1 atom stereocenters. The van der Waals surface area contributed by atoms with Crippen LogP contribution in [0.25, 0.3) is 0 Å². The van der Waals surface area contributed by atoms with Crippen LogP contribution in [0.4, 0.5) is 0 Å². The molecule has 0 aliphatic carbocycles. The van der Waals surface area contributed by atoms with Crippen LogP contribution < -0.4 is 14.2 Å². The van der Waals surface area contributed by atoms with Gasteiger partial charge in [0.25, 0.3) is 0 Å². The molecule has 2 aromatic carbocycles. The van der Waals surface area contributed by atoms with Gasteiger partial charge >= 0.3 is 0 Å². The molecule has 0 fully saturated rings. The van der Waals surface area contributed by atoms with E-state index < -0.39 is 6.10 Å². The van der Waals surface area contributed by atoms with E-state index in [4.69, 9.17) is 25.8 Å². The number of benzene rings is 2. The summed E-state index contributed by atoms with van der Waals surface area (Å²) in [6.07, 6.45) is -0.812. The first kappa shape index (κ1) is 15.5. The molecule has 2 rings (SSSR count). The quantitative estimate of drug-likeness (QED) is 0.919. The summed E-state index contributed by atoms with van der Waals surface area (Å²) in [6, 6.07) is 10.4. The van der Waals surface area contributed by atoms with Crippen LogP contribution in [-0.2, 0) is 0 Å². The van der Waals surface area contributed by atoms with Crippen LogP contribution in [-0.4, -0.2) is 26.4 Å². The van der Waals surface area contributed by atoms with Crippen molar-refractivity contribution < 1.29 is 19.3 Å². The van der Waals surface area contributed by atoms with Crippen molar-refractivity contribution in [2.24, 2.45) is 0 Å². The van der Waals surface area contributed by atoms with Crippen LogP contribution in [0.2, 0.25) is 5.02 Å². The Balaban J connectivity index is 2.35. The molecule has 0 saturated heterocycles. The second kappa shape index (κ2) is 6.70. The van der Waals surface area contributed by atoms with Crippen molar-refractivity contribution >= 4 is 11.6 Å². The summed E-state index contributed by atoms with van der Waals surface area (Å²) in [5.74, 6) is 1.75. The zero-order valence-electron chi connectivity index (χ0n) is 12.1. The van der Waals surface area contributed by atoms with E-state index in [1.54, 1.807) is 57.7 Å². The van der Waals surface area contributed by atoms with Gasteiger partial charge in [0.2, 0.25) is 0 Å². The van der Waals surface area contributed by atoms with Crippen LogP contribution >= 0.6 is 11.6 Å². The molecular formula is C16H17ClO4. The van der Waals surface area contributed by atoms with E-state index in [2.05, 4.69) is 0 Å². The van der Waals surface area contributed by atoms with E-state index in [-0.39, 0.29) is 0 Å². The van der Waals surface area contributed by atoms with Gasteiger partial charge in [-0.2, -0.15) is 0 Å². The predicted molar refractivity (Wildman–Crippen MR) is 81.6 cm³/mol. The van der Waals surface area contributed by atoms with E-state index in [0.29, 0.717) is 33.4 Å². The van der Waals surface area contributed by atoms with Gasteiger partial charge in [-0.1, -0.05) is 23.7 Å². The monoisotopic (exact) mass is 308 g/mol. The van der Waals surface area contributed by atoms with Crippen molar-refractivity contribution in [1.29, 1.82) is 0 Å². The highest BCUT2D eigenvalue weighted by molar-refractivity contribution is 6.32. The molecule has 1 unspecified atom stereocenters. The molecule has 21 heavy (non-hydrogen) atoms. The second-order valence-electron chi connectivity index (χ2n) is 4.41. The summed E-state index contributed by atoms with van der Waals surface area (Å²) >= 11 is 6.09. The molecule has 0 amide bonds. The molecule has 112 valence electrons. The maximum absolute atomic E-state index is 10.5. The molecule has 4 nitrogen and oxygen atoms in total. The molecule has 2 aromatic rings. The molecule has 0 aliphatic rings. The van der Waals surface area contributed by atoms with Gasteiger partial charge in [0.1, 0.15) is 11.9 Å². The third kappa shape index (κ3) is 3.23. The third-order valence-electron chi connectivity index (χ3n) is 3.21. The van der Waals surface area contributed by atoms with Crippen LogP contribution in [0.1, 0.15) is 17.2 Å². The van der Waals surface area contributed by atoms with Crippen molar-refractivity contribution in [3.8, 4) is 17.2 Å². The fourth-order valence-corrected chi connectivity index (χ4v) is 2.33. The molecule has 1 N–H and O–H groups in total. The van der Waals surface area contributed by atoms with Gasteiger partial charge in [0.05, 0.1) is 26.4 Å². The first-order valence-electron chi connectivity index (χ1n) is 6.34. The average Bonchev–Trinajstić information content (AvgIpc) is 2.53. The number of hydrogen-bond acceptors (Lipinski definition) is 4. The highest BCUT2D eigenvalue weighted by Gasteiger charge is 2.15. The molecule has 0 bridgehead atoms. The minimum Gasteiger partial charge on any atom is -0.495 e. The van der Waals surface area contributed by atoms with Crippen molar-refractivity contribution in [1.82, 2.24) is 0 Å². The third-order valence-corrected chi connectivity index (χ3v) is 3.51. The van der Waals surface area contributed by atoms with Gasteiger partial charge in [-0.25, -0.2) is 0 Å². The Morgan fingerprint density at radius 2 is 1.33 bits per heavy atom. The summed E-state index contributed by atoms with van der Waals surface area (Å²) in [7, 11) is 4.67. The van der Waals surface area contributed by atoms with E-state index in [1.165, 1.54) is 0 Å². The lowest BCUT2D eigenvalue weighted by molar-refractivity contribution is 0.219. The number of methoxy groups -OCH3 is 3. The molecule has 0 spiro atoms. The van der Waals surface area contributed by atoms with E-state index >= 15 is 0 Å². The number of aliphatic hydroxyl groups is 1. The first-order valence-corrected chi connectivity index (χ1v) is 6.72. The Labute approximate surface area is 128 Å². The Hall–Kier alpha value is -1.91. The summed E-state index contributed by atoms with van der Waals surface area (Å²) in [4.78, 5) is 0. The average molecular weight is 309 g/mol. The Bertz CT molecular complexity index is 628. The summed E-state index contributed by atoms with van der Waals surface area (Å²) in [5.41, 5.74) is 1.36. The molecule has 5 heteroatoms. The van der Waals surface area contributed by atoms with Gasteiger partial charge < -0.3 is 19.3 Å². The van der Waals surface area contributed by atoms with Crippen molar-refractivity contribution in [2.75, 3.05) is 21.3 Å². The lowest BCUT2D eigenvalue weighted by Gasteiger charge is -2.15. The normalized spacial score (nSPS) is 11.9. The van der Waals surface area contributed by atoms with Crippen LogP contribution in [0.5, 0.6) is 17.2 Å². The van der Waals surface area contributed by atoms with E-state index in [0.717, 1.165) is 0 Å². The Kier molecular flexibility index (Phi) is 4.94. The maximum atomic E-state index is 10.5.